The Morgan fingerprint density at radius 2 is 1.92 bits per heavy atom. The van der Waals surface area contributed by atoms with Gasteiger partial charge in [-0.2, -0.15) is 5.10 Å². The van der Waals surface area contributed by atoms with Gasteiger partial charge in [0.25, 0.3) is 0 Å². The average molecular weight is 332 g/mol. The van der Waals surface area contributed by atoms with Gasteiger partial charge in [0.1, 0.15) is 5.69 Å². The molecule has 8 nitrogen and oxygen atoms in total. The van der Waals surface area contributed by atoms with Crippen molar-refractivity contribution in [3.8, 4) is 0 Å². The molecule has 0 aromatic heterocycles. The highest BCUT2D eigenvalue weighted by Crippen LogP contribution is 2.30. The van der Waals surface area contributed by atoms with E-state index in [1.807, 2.05) is 26.8 Å². The maximum Gasteiger partial charge on any atom is 0.121 e. The van der Waals surface area contributed by atoms with Crippen LogP contribution in [0.5, 0.6) is 0 Å². The van der Waals surface area contributed by atoms with Crippen molar-refractivity contribution in [3.05, 3.63) is 51.4 Å². The van der Waals surface area contributed by atoms with Gasteiger partial charge in [-0.15, -0.1) is 5.23 Å². The summed E-state index contributed by atoms with van der Waals surface area (Å²) >= 11 is 0. The van der Waals surface area contributed by atoms with Crippen molar-refractivity contribution < 1.29 is 10.4 Å². The maximum atomic E-state index is 10.8. The predicted octanol–water partition coefficient (Wildman–Crippen LogP) is 3.92. The number of nitrogens with zero attached hydrogens (tertiary/aromatic N) is 3. The second-order valence-electron chi connectivity index (χ2n) is 5.83. The molecule has 0 spiro atoms. The predicted molar refractivity (Wildman–Crippen MR) is 94.1 cm³/mol. The summed E-state index contributed by atoms with van der Waals surface area (Å²) in [6.45, 7) is 6.05. The van der Waals surface area contributed by atoms with Gasteiger partial charge in [0, 0.05) is 5.69 Å². The van der Waals surface area contributed by atoms with E-state index in [0.717, 1.165) is 35.8 Å². The number of rotatable bonds is 4. The molecule has 0 amide bonds. The second-order valence-corrected chi connectivity index (χ2v) is 5.83. The standard InChI is InChI=1S/C16H20N4O4/c1-10(2)13-6-4-11(3)8-15(13)18-17-14-7-5-12(19(21)22)9-16(14)20(23)24/h5,7-9,17,23-24H,4,6H2,1-3H3/q-2. The lowest BCUT2D eigenvalue weighted by Crippen LogP contribution is -2.15. The molecule has 0 saturated carbocycles. The zero-order valence-corrected chi connectivity index (χ0v) is 13.8. The Kier molecular flexibility index (Phi) is 5.58. The molecule has 8 heteroatoms. The fourth-order valence-corrected chi connectivity index (χ4v) is 2.46. The molecule has 130 valence electrons. The molecule has 1 aromatic carbocycles. The van der Waals surface area contributed by atoms with Crippen molar-refractivity contribution in [1.29, 1.82) is 0 Å². The Morgan fingerprint density at radius 3 is 2.50 bits per heavy atom. The molecule has 0 atom stereocenters. The van der Waals surface area contributed by atoms with Gasteiger partial charge in [0.2, 0.25) is 0 Å². The van der Waals surface area contributed by atoms with Crippen molar-refractivity contribution in [3.63, 3.8) is 0 Å². The first-order valence-electron chi connectivity index (χ1n) is 7.43. The minimum absolute atomic E-state index is 0.163. The van der Waals surface area contributed by atoms with Crippen molar-refractivity contribution in [2.45, 2.75) is 33.6 Å². The summed E-state index contributed by atoms with van der Waals surface area (Å²) in [5.41, 5.74) is 6.84. The lowest BCUT2D eigenvalue weighted by atomic mass is 9.91. The summed E-state index contributed by atoms with van der Waals surface area (Å²) in [5.74, 6) is 0. The van der Waals surface area contributed by atoms with E-state index in [0.29, 0.717) is 0 Å². The normalized spacial score (nSPS) is 16.0. The fraction of sp³-hybridized carbons (Fsp3) is 0.312. The van der Waals surface area contributed by atoms with Crippen molar-refractivity contribution in [2.75, 3.05) is 15.9 Å². The molecule has 0 radical (unpaired) electrons. The molecule has 2 rings (SSSR count). The van der Waals surface area contributed by atoms with E-state index in [2.05, 4.69) is 10.5 Å². The highest BCUT2D eigenvalue weighted by atomic mass is 16.8. The molecule has 1 aliphatic carbocycles. The Labute approximate surface area is 140 Å². The van der Waals surface area contributed by atoms with Crippen LogP contribution in [0.25, 0.3) is 0 Å². The molecule has 0 heterocycles. The van der Waals surface area contributed by atoms with Gasteiger partial charge in [-0.25, -0.2) is 0 Å². The fourth-order valence-electron chi connectivity index (χ4n) is 2.46. The summed E-state index contributed by atoms with van der Waals surface area (Å²) < 4.78 is 0. The summed E-state index contributed by atoms with van der Waals surface area (Å²) in [6, 6.07) is 3.68. The Bertz CT molecular complexity index is 704. The van der Waals surface area contributed by atoms with E-state index in [4.69, 9.17) is 0 Å². The summed E-state index contributed by atoms with van der Waals surface area (Å²) in [4.78, 5) is 0. The minimum atomic E-state index is -0.614. The van der Waals surface area contributed by atoms with Gasteiger partial charge in [-0.1, -0.05) is 11.1 Å². The van der Waals surface area contributed by atoms with Gasteiger partial charge in [0.15, 0.2) is 0 Å². The number of nitrogens with one attached hydrogen (secondary N) is 1. The van der Waals surface area contributed by atoms with Gasteiger partial charge < -0.3 is 15.6 Å². The molecule has 0 unspecified atom stereocenters. The molecule has 0 bridgehead atoms. The molecular formula is C16H20N4O4-2. The Hall–Kier alpha value is -2.39. The van der Waals surface area contributed by atoms with Crippen LogP contribution in [0.2, 0.25) is 0 Å². The molecule has 1 aliphatic rings. The molecular weight excluding hydrogens is 312 g/mol. The largest absolute Gasteiger partial charge is 0.769 e. The summed E-state index contributed by atoms with van der Waals surface area (Å²) in [6.07, 6.45) is 3.84. The lowest BCUT2D eigenvalue weighted by molar-refractivity contribution is 0.0295. The number of allylic oxidation sites excluding steroid dienone is 4. The average Bonchev–Trinajstić information content (AvgIpc) is 2.52. The highest BCUT2D eigenvalue weighted by Gasteiger charge is 2.14. The number of hydrazone groups is 1. The monoisotopic (exact) mass is 332 g/mol. The quantitative estimate of drug-likeness (QED) is 0.715. The zero-order valence-electron chi connectivity index (χ0n) is 13.8. The SMILES string of the molecule is CC1=CC(=NNc2ccc(N([O-])[O-])cc2N(O)O)C(=C(C)C)CC1. The van der Waals surface area contributed by atoms with Crippen molar-refractivity contribution >= 4 is 22.8 Å². The third-order valence-corrected chi connectivity index (χ3v) is 3.77. The van der Waals surface area contributed by atoms with Crippen LogP contribution in [0.15, 0.2) is 46.1 Å². The van der Waals surface area contributed by atoms with E-state index in [1.54, 1.807) is 0 Å². The summed E-state index contributed by atoms with van der Waals surface area (Å²) in [5, 5.41) is 43.7. The van der Waals surface area contributed by atoms with E-state index in [9.17, 15) is 20.8 Å². The first-order valence-corrected chi connectivity index (χ1v) is 7.43. The molecule has 1 aromatic rings. The van der Waals surface area contributed by atoms with E-state index < -0.39 is 5.23 Å². The second kappa shape index (κ2) is 7.45. The van der Waals surface area contributed by atoms with Gasteiger partial charge in [-0.05, 0) is 63.5 Å². The first kappa shape index (κ1) is 18.0. The maximum absolute atomic E-state index is 10.8. The van der Waals surface area contributed by atoms with Crippen molar-refractivity contribution in [1.82, 2.24) is 0 Å². The lowest BCUT2D eigenvalue weighted by Gasteiger charge is -2.37. The number of hydrogen-bond acceptors (Lipinski definition) is 8. The van der Waals surface area contributed by atoms with Crippen LogP contribution in [0.1, 0.15) is 33.6 Å². The van der Waals surface area contributed by atoms with Crippen molar-refractivity contribution in [2.24, 2.45) is 5.10 Å². The van der Waals surface area contributed by atoms with Crippen LogP contribution in [-0.2, 0) is 0 Å². The van der Waals surface area contributed by atoms with Crippen LogP contribution in [-0.4, -0.2) is 16.1 Å². The van der Waals surface area contributed by atoms with Gasteiger partial charge in [-0.3, -0.25) is 15.8 Å². The van der Waals surface area contributed by atoms with Crippen LogP contribution in [0.3, 0.4) is 0 Å². The van der Waals surface area contributed by atoms with Gasteiger partial charge in [0.05, 0.1) is 11.4 Å². The van der Waals surface area contributed by atoms with E-state index in [1.165, 1.54) is 17.7 Å². The van der Waals surface area contributed by atoms with E-state index >= 15 is 0 Å². The van der Waals surface area contributed by atoms with Gasteiger partial charge >= 0.3 is 0 Å². The van der Waals surface area contributed by atoms with E-state index in [-0.39, 0.29) is 22.3 Å². The van der Waals surface area contributed by atoms with Crippen LogP contribution in [0.4, 0.5) is 17.1 Å². The summed E-state index contributed by atoms with van der Waals surface area (Å²) in [7, 11) is 0. The molecule has 0 aliphatic heterocycles. The molecule has 3 N–H and O–H groups in total. The zero-order chi connectivity index (χ0) is 17.9. The smallest absolute Gasteiger partial charge is 0.121 e. The Balaban J connectivity index is 2.36. The van der Waals surface area contributed by atoms with Crippen LogP contribution < -0.4 is 15.9 Å². The molecule has 0 fully saturated rings. The first-order chi connectivity index (χ1) is 11.3. The van der Waals surface area contributed by atoms with Crippen LogP contribution in [0, 0.1) is 10.4 Å². The topological polar surface area (TPSA) is 117 Å². The third-order valence-electron chi connectivity index (χ3n) is 3.77. The van der Waals surface area contributed by atoms with Crippen LogP contribution >= 0.6 is 0 Å². The minimum Gasteiger partial charge on any atom is -0.769 e. The Morgan fingerprint density at radius 1 is 1.21 bits per heavy atom. The number of anilines is 3. The molecule has 0 saturated heterocycles. The number of hydrogen-bond donors (Lipinski definition) is 3. The highest BCUT2D eigenvalue weighted by molar-refractivity contribution is 6.10. The number of benzene rings is 1. The molecule has 24 heavy (non-hydrogen) atoms. The third kappa shape index (κ3) is 4.12.